The molecule has 168 valence electrons. The number of ether oxygens (including phenoxy) is 1. The second-order valence-corrected chi connectivity index (χ2v) is 8.37. The Morgan fingerprint density at radius 3 is 2.42 bits per heavy atom. The standard InChI is InChI=1S/C24H20F2N4O2S/c1-3-32-19-7-5-18(6-8-19)30-23(16-10-12-27-13-11-16)28-29-24(30)33-15(2)22(31)17-4-9-20(25)21(26)14-17/h4-15H,3H2,1-2H3. The second-order valence-electron chi connectivity index (χ2n) is 7.06. The molecule has 0 saturated carbocycles. The van der Waals surface area contributed by atoms with Crippen molar-refractivity contribution in [3.05, 3.63) is 84.2 Å². The lowest BCUT2D eigenvalue weighted by Crippen LogP contribution is -2.15. The Hall–Kier alpha value is -3.59. The zero-order chi connectivity index (χ0) is 23.4. The van der Waals surface area contributed by atoms with Gasteiger partial charge in [-0.15, -0.1) is 10.2 Å². The van der Waals surface area contributed by atoms with E-state index >= 15 is 0 Å². The number of carbonyl (C=O) groups is 1. The number of hydrogen-bond donors (Lipinski definition) is 0. The molecular formula is C24H20F2N4O2S. The Labute approximate surface area is 193 Å². The molecule has 0 amide bonds. The van der Waals surface area contributed by atoms with Crippen molar-refractivity contribution in [1.82, 2.24) is 19.7 Å². The topological polar surface area (TPSA) is 69.9 Å². The van der Waals surface area contributed by atoms with Crippen molar-refractivity contribution >= 4 is 17.5 Å². The summed E-state index contributed by atoms with van der Waals surface area (Å²) in [6.45, 7) is 4.16. The van der Waals surface area contributed by atoms with Gasteiger partial charge in [-0.25, -0.2) is 8.78 Å². The van der Waals surface area contributed by atoms with E-state index in [1.807, 2.05) is 47.9 Å². The molecule has 4 rings (SSSR count). The molecule has 0 aliphatic heterocycles. The van der Waals surface area contributed by atoms with Gasteiger partial charge in [0.15, 0.2) is 28.4 Å². The molecule has 0 N–H and O–H groups in total. The van der Waals surface area contributed by atoms with Crippen LogP contribution in [-0.4, -0.2) is 37.4 Å². The number of aromatic nitrogens is 4. The van der Waals surface area contributed by atoms with Crippen LogP contribution >= 0.6 is 11.8 Å². The Morgan fingerprint density at radius 2 is 1.76 bits per heavy atom. The SMILES string of the molecule is CCOc1ccc(-n2c(SC(C)C(=O)c3ccc(F)c(F)c3)nnc2-c2ccncc2)cc1. The van der Waals surface area contributed by atoms with E-state index in [9.17, 15) is 13.6 Å². The maximum absolute atomic E-state index is 13.6. The Balaban J connectivity index is 1.69. The van der Waals surface area contributed by atoms with Gasteiger partial charge < -0.3 is 4.74 Å². The normalized spacial score (nSPS) is 11.9. The molecule has 4 aromatic rings. The predicted octanol–water partition coefficient (Wildman–Crippen LogP) is 5.37. The fourth-order valence-corrected chi connectivity index (χ4v) is 4.17. The average molecular weight is 467 g/mol. The lowest BCUT2D eigenvalue weighted by atomic mass is 10.1. The smallest absolute Gasteiger partial charge is 0.196 e. The minimum absolute atomic E-state index is 0.0930. The van der Waals surface area contributed by atoms with Gasteiger partial charge in [0.1, 0.15) is 5.75 Å². The van der Waals surface area contributed by atoms with Crippen molar-refractivity contribution < 1.29 is 18.3 Å². The first-order chi connectivity index (χ1) is 16.0. The van der Waals surface area contributed by atoms with Gasteiger partial charge in [0, 0.05) is 29.2 Å². The van der Waals surface area contributed by atoms with E-state index in [1.165, 1.54) is 17.8 Å². The summed E-state index contributed by atoms with van der Waals surface area (Å²) in [5.74, 6) is -1.09. The first kappa shape index (κ1) is 22.6. The molecule has 0 aliphatic carbocycles. The highest BCUT2D eigenvalue weighted by molar-refractivity contribution is 8.00. The number of pyridine rings is 1. The maximum Gasteiger partial charge on any atom is 0.196 e. The van der Waals surface area contributed by atoms with Crippen molar-refractivity contribution in [2.75, 3.05) is 6.61 Å². The average Bonchev–Trinajstić information content (AvgIpc) is 3.25. The highest BCUT2D eigenvalue weighted by atomic mass is 32.2. The zero-order valence-electron chi connectivity index (χ0n) is 17.9. The Bertz CT molecular complexity index is 1260. The summed E-state index contributed by atoms with van der Waals surface area (Å²) in [4.78, 5) is 16.9. The largest absolute Gasteiger partial charge is 0.494 e. The van der Waals surface area contributed by atoms with E-state index < -0.39 is 16.9 Å². The first-order valence-electron chi connectivity index (χ1n) is 10.2. The first-order valence-corrected chi connectivity index (χ1v) is 11.1. The van der Waals surface area contributed by atoms with Gasteiger partial charge in [0.2, 0.25) is 0 Å². The minimum atomic E-state index is -1.06. The lowest BCUT2D eigenvalue weighted by molar-refractivity contribution is 0.0993. The highest BCUT2D eigenvalue weighted by Crippen LogP contribution is 2.32. The summed E-state index contributed by atoms with van der Waals surface area (Å²) in [5.41, 5.74) is 1.68. The van der Waals surface area contributed by atoms with Crippen LogP contribution in [0.1, 0.15) is 24.2 Å². The van der Waals surface area contributed by atoms with E-state index in [0.29, 0.717) is 17.6 Å². The minimum Gasteiger partial charge on any atom is -0.494 e. The maximum atomic E-state index is 13.6. The number of carbonyl (C=O) groups excluding carboxylic acids is 1. The summed E-state index contributed by atoms with van der Waals surface area (Å²) >= 11 is 1.18. The Kier molecular flexibility index (Phi) is 6.79. The van der Waals surface area contributed by atoms with Gasteiger partial charge in [0.05, 0.1) is 11.9 Å². The van der Waals surface area contributed by atoms with Crippen LogP contribution in [0.25, 0.3) is 17.1 Å². The van der Waals surface area contributed by atoms with Crippen LogP contribution in [-0.2, 0) is 0 Å². The summed E-state index contributed by atoms with van der Waals surface area (Å²) in [6.07, 6.45) is 3.32. The molecule has 0 fully saturated rings. The van der Waals surface area contributed by atoms with Crippen molar-refractivity contribution in [3.8, 4) is 22.8 Å². The molecule has 1 unspecified atom stereocenters. The van der Waals surface area contributed by atoms with Gasteiger partial charge in [-0.2, -0.15) is 0 Å². The zero-order valence-corrected chi connectivity index (χ0v) is 18.7. The number of nitrogens with zero attached hydrogens (tertiary/aromatic N) is 4. The molecule has 9 heteroatoms. The number of ketones is 1. The molecule has 2 heterocycles. The van der Waals surface area contributed by atoms with E-state index in [4.69, 9.17) is 4.74 Å². The molecule has 1 atom stereocenters. The van der Waals surface area contributed by atoms with Crippen LogP contribution in [0.2, 0.25) is 0 Å². The van der Waals surface area contributed by atoms with Crippen LogP contribution < -0.4 is 4.74 Å². The van der Waals surface area contributed by atoms with Crippen molar-refractivity contribution in [2.45, 2.75) is 24.3 Å². The number of rotatable bonds is 8. The number of halogens is 2. The van der Waals surface area contributed by atoms with E-state index in [2.05, 4.69) is 15.2 Å². The summed E-state index contributed by atoms with van der Waals surface area (Å²) in [6, 6.07) is 14.2. The number of hydrogen-bond acceptors (Lipinski definition) is 6. The Morgan fingerprint density at radius 1 is 1.03 bits per heavy atom. The van der Waals surface area contributed by atoms with Crippen LogP contribution in [0.5, 0.6) is 5.75 Å². The van der Waals surface area contributed by atoms with Gasteiger partial charge in [-0.1, -0.05) is 11.8 Å². The quantitative estimate of drug-likeness (QED) is 0.257. The third-order valence-electron chi connectivity index (χ3n) is 4.83. The molecular weight excluding hydrogens is 446 g/mol. The molecule has 6 nitrogen and oxygen atoms in total. The summed E-state index contributed by atoms with van der Waals surface area (Å²) in [7, 11) is 0. The number of Topliss-reactive ketones (excluding diaryl/α,β-unsaturated/α-hetero) is 1. The monoisotopic (exact) mass is 466 g/mol. The van der Waals surface area contributed by atoms with Gasteiger partial charge in [0.25, 0.3) is 0 Å². The van der Waals surface area contributed by atoms with E-state index in [0.717, 1.165) is 29.1 Å². The predicted molar refractivity (Wildman–Crippen MR) is 122 cm³/mol. The molecule has 2 aromatic heterocycles. The van der Waals surface area contributed by atoms with Crippen LogP contribution in [0.4, 0.5) is 8.78 Å². The lowest BCUT2D eigenvalue weighted by Gasteiger charge is -2.14. The van der Waals surface area contributed by atoms with Gasteiger partial charge in [-0.05, 0) is 68.4 Å². The van der Waals surface area contributed by atoms with Gasteiger partial charge >= 0.3 is 0 Å². The molecule has 0 saturated heterocycles. The van der Waals surface area contributed by atoms with E-state index in [-0.39, 0.29) is 11.3 Å². The van der Waals surface area contributed by atoms with Gasteiger partial charge in [-0.3, -0.25) is 14.3 Å². The summed E-state index contributed by atoms with van der Waals surface area (Å²) in [5, 5.41) is 8.52. The van der Waals surface area contributed by atoms with Crippen LogP contribution in [0, 0.1) is 11.6 Å². The van der Waals surface area contributed by atoms with E-state index in [1.54, 1.807) is 19.3 Å². The molecule has 0 spiro atoms. The van der Waals surface area contributed by atoms with Crippen LogP contribution in [0.15, 0.2) is 72.1 Å². The fourth-order valence-electron chi connectivity index (χ4n) is 3.22. The van der Waals surface area contributed by atoms with Crippen LogP contribution in [0.3, 0.4) is 0 Å². The highest BCUT2D eigenvalue weighted by Gasteiger charge is 2.23. The molecule has 0 bridgehead atoms. The third-order valence-corrected chi connectivity index (χ3v) is 5.88. The fraction of sp³-hybridized carbons (Fsp3) is 0.167. The van der Waals surface area contributed by atoms with Crippen molar-refractivity contribution in [2.24, 2.45) is 0 Å². The number of benzene rings is 2. The summed E-state index contributed by atoms with van der Waals surface area (Å²) < 4.78 is 34.3. The molecule has 2 aromatic carbocycles. The van der Waals surface area contributed by atoms with Crippen molar-refractivity contribution in [3.63, 3.8) is 0 Å². The molecule has 33 heavy (non-hydrogen) atoms. The van der Waals surface area contributed by atoms with Crippen molar-refractivity contribution in [1.29, 1.82) is 0 Å². The molecule has 0 radical (unpaired) electrons. The molecule has 0 aliphatic rings. The number of thioether (sulfide) groups is 1. The second kappa shape index (κ2) is 9.91. The third kappa shape index (κ3) is 4.93.